The molecular formula is C44H27N5. The van der Waals surface area contributed by atoms with E-state index in [0.717, 1.165) is 38.6 Å². The maximum Gasteiger partial charge on any atom is 0.182 e. The largest absolute Gasteiger partial charge is 0.308 e. The van der Waals surface area contributed by atoms with E-state index in [1.54, 1.807) is 0 Å². The molecule has 5 nitrogen and oxygen atoms in total. The summed E-state index contributed by atoms with van der Waals surface area (Å²) in [6.07, 6.45) is 1.92. The monoisotopic (exact) mass is 625 g/mol. The Morgan fingerprint density at radius 2 is 0.939 bits per heavy atom. The van der Waals surface area contributed by atoms with Gasteiger partial charge in [-0.05, 0) is 68.7 Å². The minimum atomic E-state index is 0.529. The maximum absolute atomic E-state index is 5.01. The Morgan fingerprint density at radius 1 is 0.388 bits per heavy atom. The van der Waals surface area contributed by atoms with E-state index in [1.807, 2.05) is 12.3 Å². The van der Waals surface area contributed by atoms with Crippen molar-refractivity contribution in [2.75, 3.05) is 0 Å². The van der Waals surface area contributed by atoms with E-state index in [9.17, 15) is 0 Å². The Bertz CT molecular complexity index is 2790. The van der Waals surface area contributed by atoms with E-state index in [2.05, 4.69) is 156 Å². The fourth-order valence-corrected chi connectivity index (χ4v) is 7.07. The highest BCUT2D eigenvalue weighted by Crippen LogP contribution is 2.37. The summed E-state index contributed by atoms with van der Waals surface area (Å²) in [6, 6.07) is 55.0. The van der Waals surface area contributed by atoms with Crippen molar-refractivity contribution in [1.29, 1.82) is 0 Å². The molecular weight excluding hydrogens is 599 g/mol. The van der Waals surface area contributed by atoms with Crippen LogP contribution in [-0.4, -0.2) is 24.5 Å². The highest BCUT2D eigenvalue weighted by atomic mass is 15.1. The fraction of sp³-hybridized carbons (Fsp3) is 0. The predicted octanol–water partition coefficient (Wildman–Crippen LogP) is 10.8. The molecule has 10 rings (SSSR count). The van der Waals surface area contributed by atoms with Crippen LogP contribution in [0.2, 0.25) is 0 Å². The summed E-state index contributed by atoms with van der Waals surface area (Å²) in [5.41, 5.74) is 5.80. The van der Waals surface area contributed by atoms with E-state index in [4.69, 9.17) is 19.9 Å². The third kappa shape index (κ3) is 4.55. The first-order valence-electron chi connectivity index (χ1n) is 16.4. The predicted molar refractivity (Wildman–Crippen MR) is 201 cm³/mol. The number of hydrogen-bond acceptors (Lipinski definition) is 4. The van der Waals surface area contributed by atoms with Gasteiger partial charge in [0.05, 0.1) is 22.9 Å². The SMILES string of the molecule is c1ccc2cc(-c3nc(-c4ccc5ccccc5c4)nc(-c4ccc(-n5c6ccccc6c6c7ccccc7ccc65)cn4)n3)ccc2c1. The van der Waals surface area contributed by atoms with Crippen molar-refractivity contribution in [3.63, 3.8) is 0 Å². The van der Waals surface area contributed by atoms with Gasteiger partial charge in [0.15, 0.2) is 17.5 Å². The molecule has 3 aromatic heterocycles. The third-order valence-electron chi connectivity index (χ3n) is 9.45. The van der Waals surface area contributed by atoms with Crippen LogP contribution in [-0.2, 0) is 0 Å². The van der Waals surface area contributed by atoms with Crippen molar-refractivity contribution in [2.45, 2.75) is 0 Å². The zero-order chi connectivity index (χ0) is 32.3. The number of hydrogen-bond donors (Lipinski definition) is 0. The van der Waals surface area contributed by atoms with Gasteiger partial charge in [-0.15, -0.1) is 0 Å². The van der Waals surface area contributed by atoms with Crippen LogP contribution in [0.1, 0.15) is 0 Å². The smallest absolute Gasteiger partial charge is 0.182 e. The van der Waals surface area contributed by atoms with Gasteiger partial charge in [0, 0.05) is 21.9 Å². The van der Waals surface area contributed by atoms with Gasteiger partial charge in [-0.2, -0.15) is 0 Å². The van der Waals surface area contributed by atoms with Crippen LogP contribution in [0.25, 0.3) is 94.1 Å². The molecule has 5 heteroatoms. The summed E-state index contributed by atoms with van der Waals surface area (Å²) in [7, 11) is 0. The second-order valence-corrected chi connectivity index (χ2v) is 12.4. The zero-order valence-corrected chi connectivity index (χ0v) is 26.3. The quantitative estimate of drug-likeness (QED) is 0.195. The standard InChI is InChI=1S/C44H27N5/c1-3-12-31-25-33(19-17-28(31)9-1)42-46-43(34-20-18-29-10-2-4-13-32(29)26-34)48-44(47-42)38-23-22-35(27-45-38)49-39-16-8-7-15-37(39)41-36-14-6-5-11-30(36)21-24-40(41)49/h1-27H. The number of fused-ring (bicyclic) bond motifs is 7. The Kier molecular flexibility index (Phi) is 6.11. The molecule has 10 aromatic rings. The van der Waals surface area contributed by atoms with Crippen LogP contribution < -0.4 is 0 Å². The molecule has 0 bridgehead atoms. The first-order valence-corrected chi connectivity index (χ1v) is 16.4. The number of rotatable bonds is 4. The summed E-state index contributed by atoms with van der Waals surface area (Å²) in [5, 5.41) is 9.55. The number of pyridine rings is 1. The van der Waals surface area contributed by atoms with Crippen molar-refractivity contribution in [3.8, 4) is 40.0 Å². The third-order valence-corrected chi connectivity index (χ3v) is 9.45. The molecule has 0 aliphatic rings. The summed E-state index contributed by atoms with van der Waals surface area (Å²) in [6.45, 7) is 0. The minimum absolute atomic E-state index is 0.529. The lowest BCUT2D eigenvalue weighted by Crippen LogP contribution is -2.02. The minimum Gasteiger partial charge on any atom is -0.308 e. The van der Waals surface area contributed by atoms with Gasteiger partial charge in [-0.25, -0.2) is 15.0 Å². The van der Waals surface area contributed by atoms with E-state index >= 15 is 0 Å². The van der Waals surface area contributed by atoms with Gasteiger partial charge >= 0.3 is 0 Å². The molecule has 49 heavy (non-hydrogen) atoms. The van der Waals surface area contributed by atoms with Crippen LogP contribution in [0.3, 0.4) is 0 Å². The highest BCUT2D eigenvalue weighted by Gasteiger charge is 2.17. The molecule has 0 atom stereocenters. The molecule has 0 aliphatic carbocycles. The second-order valence-electron chi connectivity index (χ2n) is 12.4. The molecule has 3 heterocycles. The van der Waals surface area contributed by atoms with E-state index in [0.29, 0.717) is 23.2 Å². The molecule has 0 N–H and O–H groups in total. The van der Waals surface area contributed by atoms with E-state index in [-0.39, 0.29) is 0 Å². The number of aromatic nitrogens is 5. The average molecular weight is 626 g/mol. The van der Waals surface area contributed by atoms with E-state index in [1.165, 1.54) is 32.3 Å². The topological polar surface area (TPSA) is 56.5 Å². The molecule has 228 valence electrons. The first-order chi connectivity index (χ1) is 24.3. The van der Waals surface area contributed by atoms with Crippen molar-refractivity contribution in [3.05, 3.63) is 164 Å². The molecule has 0 saturated heterocycles. The number of benzene rings is 7. The van der Waals surface area contributed by atoms with Crippen LogP contribution in [0.4, 0.5) is 0 Å². The van der Waals surface area contributed by atoms with E-state index < -0.39 is 0 Å². The lowest BCUT2D eigenvalue weighted by atomic mass is 10.0. The Labute approximate surface area is 281 Å². The zero-order valence-electron chi connectivity index (χ0n) is 26.3. The van der Waals surface area contributed by atoms with Gasteiger partial charge in [-0.1, -0.05) is 121 Å². The highest BCUT2D eigenvalue weighted by molar-refractivity contribution is 6.21. The van der Waals surface area contributed by atoms with Crippen LogP contribution >= 0.6 is 0 Å². The van der Waals surface area contributed by atoms with Crippen molar-refractivity contribution in [1.82, 2.24) is 24.5 Å². The molecule has 0 radical (unpaired) electrons. The molecule has 0 amide bonds. The lowest BCUT2D eigenvalue weighted by molar-refractivity contribution is 1.05. The molecule has 0 fully saturated rings. The fourth-order valence-electron chi connectivity index (χ4n) is 7.07. The molecule has 0 aliphatic heterocycles. The molecule has 0 saturated carbocycles. The van der Waals surface area contributed by atoms with Gasteiger partial charge in [0.25, 0.3) is 0 Å². The van der Waals surface area contributed by atoms with Gasteiger partial charge < -0.3 is 4.57 Å². The average Bonchev–Trinajstić information content (AvgIpc) is 3.52. The van der Waals surface area contributed by atoms with Gasteiger partial charge in [0.2, 0.25) is 0 Å². The van der Waals surface area contributed by atoms with Crippen LogP contribution in [0.15, 0.2) is 164 Å². The number of nitrogens with zero attached hydrogens (tertiary/aromatic N) is 5. The van der Waals surface area contributed by atoms with Crippen molar-refractivity contribution < 1.29 is 0 Å². The number of para-hydroxylation sites is 1. The van der Waals surface area contributed by atoms with Crippen LogP contribution in [0, 0.1) is 0 Å². The van der Waals surface area contributed by atoms with Crippen molar-refractivity contribution in [2.24, 2.45) is 0 Å². The molecule has 0 unspecified atom stereocenters. The summed E-state index contributed by atoms with van der Waals surface area (Å²) in [5.74, 6) is 1.75. The summed E-state index contributed by atoms with van der Waals surface area (Å²) >= 11 is 0. The molecule has 0 spiro atoms. The van der Waals surface area contributed by atoms with Crippen LogP contribution in [0.5, 0.6) is 0 Å². The summed E-state index contributed by atoms with van der Waals surface area (Å²) in [4.78, 5) is 20.0. The lowest BCUT2D eigenvalue weighted by Gasteiger charge is -2.11. The molecule has 7 aromatic carbocycles. The van der Waals surface area contributed by atoms with Crippen molar-refractivity contribution >= 4 is 54.1 Å². The second kappa shape index (κ2) is 10.9. The normalized spacial score (nSPS) is 11.7. The Balaban J connectivity index is 1.13. The van der Waals surface area contributed by atoms with Gasteiger partial charge in [0.1, 0.15) is 5.69 Å². The summed E-state index contributed by atoms with van der Waals surface area (Å²) < 4.78 is 2.29. The Morgan fingerprint density at radius 3 is 1.59 bits per heavy atom. The maximum atomic E-state index is 5.01. The Hall–Kier alpha value is -6.72. The first kappa shape index (κ1) is 27.4. The van der Waals surface area contributed by atoms with Gasteiger partial charge in [-0.3, -0.25) is 4.98 Å².